The molecule has 7 nitrogen and oxygen atoms in total. The van der Waals surface area contributed by atoms with E-state index in [2.05, 4.69) is 15.5 Å². The molecule has 1 atom stereocenters. The van der Waals surface area contributed by atoms with E-state index < -0.39 is 11.2 Å². The van der Waals surface area contributed by atoms with E-state index in [0.717, 1.165) is 11.4 Å². The van der Waals surface area contributed by atoms with Gasteiger partial charge in [-0.05, 0) is 62.4 Å². The van der Waals surface area contributed by atoms with Gasteiger partial charge in [0.15, 0.2) is 11.0 Å². The van der Waals surface area contributed by atoms with Crippen LogP contribution >= 0.6 is 23.4 Å². The van der Waals surface area contributed by atoms with Crippen LogP contribution < -0.4 is 11.1 Å². The SMILES string of the molecule is CCn1c(SC(C)C(=O)Nc2ccc(C(N)=O)cc2)nnc1-c1ccc(Cl)cc1. The van der Waals surface area contributed by atoms with E-state index >= 15 is 0 Å². The number of nitrogens with zero attached hydrogens (tertiary/aromatic N) is 3. The third-order valence-corrected chi connectivity index (χ3v) is 5.56. The van der Waals surface area contributed by atoms with Crippen LogP contribution in [0.4, 0.5) is 5.69 Å². The standard InChI is InChI=1S/C20H20ClN5O2S/c1-3-26-18(14-4-8-15(21)9-5-14)24-25-20(26)29-12(2)19(28)23-16-10-6-13(7-11-16)17(22)27/h4-12H,3H2,1-2H3,(H2,22,27)(H,23,28). The van der Waals surface area contributed by atoms with Crippen molar-refractivity contribution in [2.24, 2.45) is 5.73 Å². The van der Waals surface area contributed by atoms with E-state index in [1.807, 2.05) is 23.6 Å². The maximum absolute atomic E-state index is 12.6. The number of hydrogen-bond donors (Lipinski definition) is 2. The van der Waals surface area contributed by atoms with Gasteiger partial charge >= 0.3 is 0 Å². The minimum atomic E-state index is -0.512. The Labute approximate surface area is 177 Å². The zero-order chi connectivity index (χ0) is 21.0. The number of thioether (sulfide) groups is 1. The second kappa shape index (κ2) is 9.11. The predicted molar refractivity (Wildman–Crippen MR) is 115 cm³/mol. The van der Waals surface area contributed by atoms with Crippen molar-refractivity contribution in [2.75, 3.05) is 5.32 Å². The predicted octanol–water partition coefficient (Wildman–Crippen LogP) is 3.84. The topological polar surface area (TPSA) is 103 Å². The summed E-state index contributed by atoms with van der Waals surface area (Å²) < 4.78 is 1.96. The summed E-state index contributed by atoms with van der Waals surface area (Å²) in [7, 11) is 0. The van der Waals surface area contributed by atoms with Crippen LogP contribution in [0, 0.1) is 0 Å². The van der Waals surface area contributed by atoms with Crippen LogP contribution in [0.25, 0.3) is 11.4 Å². The number of aromatic nitrogens is 3. The number of halogens is 1. The average Bonchev–Trinajstić information content (AvgIpc) is 3.11. The van der Waals surface area contributed by atoms with E-state index in [0.29, 0.717) is 28.0 Å². The molecule has 0 aliphatic carbocycles. The first-order valence-electron chi connectivity index (χ1n) is 8.95. The second-order valence-electron chi connectivity index (χ2n) is 6.25. The minimum Gasteiger partial charge on any atom is -0.366 e. The summed E-state index contributed by atoms with van der Waals surface area (Å²) in [5.41, 5.74) is 7.11. The van der Waals surface area contributed by atoms with Gasteiger partial charge in [-0.3, -0.25) is 9.59 Å². The average molecular weight is 430 g/mol. The van der Waals surface area contributed by atoms with Crippen LogP contribution in [0.1, 0.15) is 24.2 Å². The number of nitrogens with two attached hydrogens (primary N) is 1. The molecule has 0 saturated carbocycles. The quantitative estimate of drug-likeness (QED) is 0.555. The number of rotatable bonds is 7. The molecule has 1 heterocycles. The van der Waals surface area contributed by atoms with Crippen LogP contribution in [0.2, 0.25) is 5.02 Å². The lowest BCUT2D eigenvalue weighted by molar-refractivity contribution is -0.115. The Bertz CT molecular complexity index is 1020. The Morgan fingerprint density at radius 1 is 1.14 bits per heavy atom. The summed E-state index contributed by atoms with van der Waals surface area (Å²) in [5.74, 6) is 0.0315. The van der Waals surface area contributed by atoms with Crippen LogP contribution in [-0.2, 0) is 11.3 Å². The van der Waals surface area contributed by atoms with Gasteiger partial charge in [0.25, 0.3) is 0 Å². The van der Waals surface area contributed by atoms with Crippen molar-refractivity contribution < 1.29 is 9.59 Å². The van der Waals surface area contributed by atoms with E-state index in [1.165, 1.54) is 11.8 Å². The number of primary amides is 1. The highest BCUT2D eigenvalue weighted by atomic mass is 35.5. The first-order chi connectivity index (χ1) is 13.9. The number of nitrogens with one attached hydrogen (secondary N) is 1. The molecule has 0 bridgehead atoms. The number of amides is 2. The molecule has 9 heteroatoms. The molecular weight excluding hydrogens is 410 g/mol. The van der Waals surface area contributed by atoms with Crippen molar-refractivity contribution >= 4 is 40.9 Å². The summed E-state index contributed by atoms with van der Waals surface area (Å²) in [4.78, 5) is 23.7. The maximum atomic E-state index is 12.6. The lowest BCUT2D eigenvalue weighted by Crippen LogP contribution is -2.23. The Morgan fingerprint density at radius 3 is 2.38 bits per heavy atom. The summed E-state index contributed by atoms with van der Waals surface area (Å²) >= 11 is 7.28. The van der Waals surface area contributed by atoms with Crippen LogP contribution in [0.15, 0.2) is 53.7 Å². The van der Waals surface area contributed by atoms with Crippen molar-refractivity contribution in [3.8, 4) is 11.4 Å². The number of anilines is 1. The molecule has 1 unspecified atom stereocenters. The molecule has 1 aromatic heterocycles. The molecule has 2 amide bonds. The number of benzene rings is 2. The molecule has 0 spiro atoms. The molecule has 2 aromatic carbocycles. The fraction of sp³-hybridized carbons (Fsp3) is 0.200. The number of carbonyl (C=O) groups excluding carboxylic acids is 2. The molecule has 0 aliphatic rings. The normalized spacial score (nSPS) is 11.8. The van der Waals surface area contributed by atoms with Crippen molar-refractivity contribution in [3.05, 3.63) is 59.1 Å². The first kappa shape index (κ1) is 20.9. The van der Waals surface area contributed by atoms with Crippen LogP contribution in [-0.4, -0.2) is 31.8 Å². The van der Waals surface area contributed by atoms with Gasteiger partial charge in [-0.2, -0.15) is 0 Å². The van der Waals surface area contributed by atoms with E-state index in [9.17, 15) is 9.59 Å². The molecule has 0 saturated heterocycles. The zero-order valence-corrected chi connectivity index (χ0v) is 17.5. The Hall–Kier alpha value is -2.84. The minimum absolute atomic E-state index is 0.180. The van der Waals surface area contributed by atoms with Gasteiger partial charge in [0.2, 0.25) is 11.8 Å². The monoisotopic (exact) mass is 429 g/mol. The van der Waals surface area contributed by atoms with Crippen molar-refractivity contribution in [1.82, 2.24) is 14.8 Å². The highest BCUT2D eigenvalue weighted by molar-refractivity contribution is 8.00. The van der Waals surface area contributed by atoms with E-state index in [1.54, 1.807) is 43.3 Å². The number of carbonyl (C=O) groups is 2. The van der Waals surface area contributed by atoms with Crippen molar-refractivity contribution in [2.45, 2.75) is 30.8 Å². The molecule has 3 rings (SSSR count). The first-order valence-corrected chi connectivity index (χ1v) is 10.2. The summed E-state index contributed by atoms with van der Waals surface area (Å²) in [6.45, 7) is 4.46. The maximum Gasteiger partial charge on any atom is 0.248 e. The molecule has 3 N–H and O–H groups in total. The molecule has 0 fully saturated rings. The zero-order valence-electron chi connectivity index (χ0n) is 15.9. The van der Waals surface area contributed by atoms with Gasteiger partial charge in [-0.15, -0.1) is 10.2 Å². The summed E-state index contributed by atoms with van der Waals surface area (Å²) in [6, 6.07) is 13.8. The molecule has 0 radical (unpaired) electrons. The van der Waals surface area contributed by atoms with Crippen LogP contribution in [0.5, 0.6) is 0 Å². The number of hydrogen-bond acceptors (Lipinski definition) is 5. The third kappa shape index (κ3) is 4.96. The molecule has 29 heavy (non-hydrogen) atoms. The highest BCUT2D eigenvalue weighted by Gasteiger charge is 2.20. The molecule has 3 aromatic rings. The molecular formula is C20H20ClN5O2S. The van der Waals surface area contributed by atoms with Gasteiger partial charge < -0.3 is 15.6 Å². The lowest BCUT2D eigenvalue weighted by Gasteiger charge is -2.13. The molecule has 150 valence electrons. The van der Waals surface area contributed by atoms with Gasteiger partial charge in [0.1, 0.15) is 0 Å². The van der Waals surface area contributed by atoms with Gasteiger partial charge in [0, 0.05) is 28.4 Å². The fourth-order valence-corrected chi connectivity index (χ4v) is 3.69. The van der Waals surface area contributed by atoms with Gasteiger partial charge in [-0.1, -0.05) is 23.4 Å². The van der Waals surface area contributed by atoms with Gasteiger partial charge in [0.05, 0.1) is 5.25 Å². The largest absolute Gasteiger partial charge is 0.366 e. The Kier molecular flexibility index (Phi) is 6.56. The Balaban J connectivity index is 1.71. The van der Waals surface area contributed by atoms with Gasteiger partial charge in [-0.25, -0.2) is 0 Å². The summed E-state index contributed by atoms with van der Waals surface area (Å²) in [5, 5.41) is 12.3. The molecule has 0 aliphatic heterocycles. The van der Waals surface area contributed by atoms with Crippen LogP contribution in [0.3, 0.4) is 0 Å². The van der Waals surface area contributed by atoms with Crippen molar-refractivity contribution in [1.29, 1.82) is 0 Å². The summed E-state index contributed by atoms with van der Waals surface area (Å²) in [6.07, 6.45) is 0. The second-order valence-corrected chi connectivity index (χ2v) is 7.99. The fourth-order valence-electron chi connectivity index (χ4n) is 2.65. The van der Waals surface area contributed by atoms with E-state index in [4.69, 9.17) is 17.3 Å². The Morgan fingerprint density at radius 2 is 1.79 bits per heavy atom. The highest BCUT2D eigenvalue weighted by Crippen LogP contribution is 2.28. The van der Waals surface area contributed by atoms with E-state index in [-0.39, 0.29) is 5.91 Å². The smallest absolute Gasteiger partial charge is 0.248 e. The lowest BCUT2D eigenvalue weighted by atomic mass is 10.2. The van der Waals surface area contributed by atoms with Crippen molar-refractivity contribution in [3.63, 3.8) is 0 Å². The third-order valence-electron chi connectivity index (χ3n) is 4.22.